The summed E-state index contributed by atoms with van der Waals surface area (Å²) in [4.78, 5) is 0. The van der Waals surface area contributed by atoms with E-state index >= 15 is 0 Å². The predicted molar refractivity (Wildman–Crippen MR) is 48.3 cm³/mol. The van der Waals surface area contributed by atoms with Gasteiger partial charge in [-0.2, -0.15) is 0 Å². The van der Waals surface area contributed by atoms with Crippen molar-refractivity contribution in [3.63, 3.8) is 0 Å². The Morgan fingerprint density at radius 3 is 1.82 bits per heavy atom. The minimum Gasteiger partial charge on any atom is -0.391 e. The van der Waals surface area contributed by atoms with Crippen LogP contribution in [0, 0.1) is 0 Å². The van der Waals surface area contributed by atoms with Crippen molar-refractivity contribution >= 4 is 8.07 Å². The maximum Gasteiger partial charge on any atom is 0.108 e. The second kappa shape index (κ2) is 2.31. The Morgan fingerprint density at radius 1 is 1.45 bits per heavy atom. The maximum atomic E-state index is 9.56. The lowest BCUT2D eigenvalue weighted by molar-refractivity contribution is 0.127. The zero-order valence-corrected chi connectivity index (χ0v) is 9.01. The third-order valence-electron chi connectivity index (χ3n) is 2.71. The molecule has 66 valence electrons. The monoisotopic (exact) mass is 174 g/mol. The van der Waals surface area contributed by atoms with Gasteiger partial charge in [0.1, 0.15) is 5.22 Å². The molecule has 0 spiro atoms. The van der Waals surface area contributed by atoms with Crippen LogP contribution >= 0.6 is 0 Å². The molecule has 3 heteroatoms. The highest BCUT2D eigenvalue weighted by atomic mass is 28.3. The van der Waals surface area contributed by atoms with Crippen LogP contribution in [0.2, 0.25) is 19.6 Å². The molecule has 0 aromatic heterocycles. The number of aliphatic hydroxyl groups excluding tert-OH is 1. The van der Waals surface area contributed by atoms with Gasteiger partial charge in [0.2, 0.25) is 0 Å². The Morgan fingerprint density at radius 2 is 1.82 bits per heavy atom. The molecule has 3 atom stereocenters. The zero-order valence-electron chi connectivity index (χ0n) is 8.01. The fraction of sp³-hybridized carbons (Fsp3) is 1.00. The molecule has 11 heavy (non-hydrogen) atoms. The second-order valence-electron chi connectivity index (χ2n) is 4.48. The first kappa shape index (κ1) is 9.23. The van der Waals surface area contributed by atoms with Gasteiger partial charge in [0.25, 0.3) is 0 Å². The molecule has 0 bridgehead atoms. The van der Waals surface area contributed by atoms with Crippen LogP contribution in [0.1, 0.15) is 13.8 Å². The minimum absolute atomic E-state index is 0.160. The first-order valence-corrected chi connectivity index (χ1v) is 7.68. The molecule has 1 N–H and O–H groups in total. The Bertz CT molecular complexity index is 162. The fourth-order valence-electron chi connectivity index (χ4n) is 2.11. The van der Waals surface area contributed by atoms with Crippen molar-refractivity contribution in [2.24, 2.45) is 0 Å². The van der Waals surface area contributed by atoms with Crippen molar-refractivity contribution in [3.8, 4) is 0 Å². The summed E-state index contributed by atoms with van der Waals surface area (Å²) < 4.78 is 5.54. The molecule has 1 aliphatic heterocycles. The Labute approximate surface area is 69.6 Å². The van der Waals surface area contributed by atoms with Gasteiger partial charge < -0.3 is 9.84 Å². The molecule has 0 saturated carbocycles. The van der Waals surface area contributed by atoms with Gasteiger partial charge >= 0.3 is 0 Å². The van der Waals surface area contributed by atoms with Crippen molar-refractivity contribution in [2.45, 2.75) is 50.9 Å². The zero-order chi connectivity index (χ0) is 8.86. The van der Waals surface area contributed by atoms with E-state index in [0.717, 1.165) is 0 Å². The Kier molecular flexibility index (Phi) is 1.94. The summed E-state index contributed by atoms with van der Waals surface area (Å²) in [5.74, 6) is 0. The summed E-state index contributed by atoms with van der Waals surface area (Å²) in [5.41, 5.74) is 0. The van der Waals surface area contributed by atoms with E-state index < -0.39 is 8.07 Å². The van der Waals surface area contributed by atoms with E-state index in [-0.39, 0.29) is 17.4 Å². The molecule has 1 heterocycles. The quantitative estimate of drug-likeness (QED) is 0.507. The molecule has 1 saturated heterocycles. The van der Waals surface area contributed by atoms with Gasteiger partial charge in [0.05, 0.1) is 20.3 Å². The van der Waals surface area contributed by atoms with Crippen molar-refractivity contribution < 1.29 is 9.84 Å². The number of aliphatic hydroxyl groups is 1. The van der Waals surface area contributed by atoms with Crippen LogP contribution in [0.4, 0.5) is 0 Å². The number of hydrogen-bond acceptors (Lipinski definition) is 2. The highest BCUT2D eigenvalue weighted by Crippen LogP contribution is 2.46. The smallest absolute Gasteiger partial charge is 0.108 e. The summed E-state index contributed by atoms with van der Waals surface area (Å²) in [6, 6.07) is 0. The van der Waals surface area contributed by atoms with Crippen molar-refractivity contribution in [2.75, 3.05) is 0 Å². The summed E-state index contributed by atoms with van der Waals surface area (Å²) >= 11 is 0. The van der Waals surface area contributed by atoms with Crippen LogP contribution in [0.15, 0.2) is 0 Å². The van der Waals surface area contributed by atoms with Crippen molar-refractivity contribution in [1.29, 1.82) is 0 Å². The van der Waals surface area contributed by atoms with Crippen molar-refractivity contribution in [1.82, 2.24) is 0 Å². The lowest BCUT2D eigenvalue weighted by atomic mass is 10.2. The van der Waals surface area contributed by atoms with Crippen LogP contribution in [0.3, 0.4) is 0 Å². The second-order valence-corrected chi connectivity index (χ2v) is 9.76. The Hall–Kier alpha value is 0.137. The molecule has 0 radical (unpaired) electrons. The molecule has 0 amide bonds. The van der Waals surface area contributed by atoms with Gasteiger partial charge in [0, 0.05) is 0 Å². The van der Waals surface area contributed by atoms with Crippen LogP contribution in [-0.2, 0) is 4.74 Å². The highest BCUT2D eigenvalue weighted by Gasteiger charge is 2.64. The highest BCUT2D eigenvalue weighted by molar-refractivity contribution is 6.80. The van der Waals surface area contributed by atoms with E-state index in [4.69, 9.17) is 4.74 Å². The first-order valence-electron chi connectivity index (χ1n) is 4.18. The summed E-state index contributed by atoms with van der Waals surface area (Å²) in [5, 5.41) is 9.40. The topological polar surface area (TPSA) is 32.8 Å². The van der Waals surface area contributed by atoms with E-state index in [1.54, 1.807) is 0 Å². The van der Waals surface area contributed by atoms with Crippen LogP contribution in [-0.4, -0.2) is 30.6 Å². The molecule has 1 aliphatic rings. The van der Waals surface area contributed by atoms with Gasteiger partial charge in [-0.3, -0.25) is 0 Å². The molecule has 0 aromatic carbocycles. The molecule has 0 aromatic rings. The van der Waals surface area contributed by atoms with Gasteiger partial charge in [-0.15, -0.1) is 0 Å². The molecular formula is C8H18O2Si. The number of ether oxygens (including phenoxy) is 1. The van der Waals surface area contributed by atoms with Gasteiger partial charge in [-0.25, -0.2) is 0 Å². The lowest BCUT2D eigenvalue weighted by Gasteiger charge is -2.28. The van der Waals surface area contributed by atoms with E-state index in [0.29, 0.717) is 0 Å². The van der Waals surface area contributed by atoms with Gasteiger partial charge in [-0.05, 0) is 13.8 Å². The van der Waals surface area contributed by atoms with Gasteiger partial charge in [0.15, 0.2) is 0 Å². The van der Waals surface area contributed by atoms with Crippen molar-refractivity contribution in [3.05, 3.63) is 0 Å². The third-order valence-corrected chi connectivity index (χ3v) is 6.00. The average molecular weight is 174 g/mol. The number of hydrogen-bond donors (Lipinski definition) is 1. The molecule has 1 fully saturated rings. The fourth-order valence-corrected chi connectivity index (χ4v) is 5.11. The molecule has 0 aliphatic carbocycles. The molecule has 1 rings (SSSR count). The molecule has 2 nitrogen and oxygen atoms in total. The molecule has 0 unspecified atom stereocenters. The normalized spacial score (nSPS) is 40.4. The average Bonchev–Trinajstić information content (AvgIpc) is 2.39. The van der Waals surface area contributed by atoms with Crippen LogP contribution in [0.25, 0.3) is 0 Å². The Balaban J connectivity index is 2.80. The standard InChI is InChI=1S/C8H18O2Si/c1-6(9)8(7(2)10-8)11(3,4)5/h6-7,9H,1-5H3/t6-,7-,8-/m0/s1. The molecular weight excluding hydrogens is 156 g/mol. The van der Waals surface area contributed by atoms with Gasteiger partial charge in [-0.1, -0.05) is 19.6 Å². The van der Waals surface area contributed by atoms with Crippen LogP contribution in [0.5, 0.6) is 0 Å². The van der Waals surface area contributed by atoms with E-state index in [1.165, 1.54) is 0 Å². The number of rotatable bonds is 2. The van der Waals surface area contributed by atoms with E-state index in [1.807, 2.05) is 13.8 Å². The summed E-state index contributed by atoms with van der Waals surface area (Å²) in [7, 11) is -1.37. The first-order chi connectivity index (χ1) is 4.82. The number of epoxide rings is 1. The summed E-state index contributed by atoms with van der Waals surface area (Å²) in [6.45, 7) is 10.6. The minimum atomic E-state index is -1.37. The third kappa shape index (κ3) is 1.15. The summed E-state index contributed by atoms with van der Waals surface area (Å²) in [6.07, 6.45) is -0.0571. The van der Waals surface area contributed by atoms with Crippen LogP contribution < -0.4 is 0 Å². The SMILES string of the molecule is C[C@H](O)[C@@]1([Si](C)(C)C)O[C@H]1C. The predicted octanol–water partition coefficient (Wildman–Crippen LogP) is 1.40. The largest absolute Gasteiger partial charge is 0.391 e. The van der Waals surface area contributed by atoms with E-state index in [9.17, 15) is 5.11 Å². The lowest BCUT2D eigenvalue weighted by Crippen LogP contribution is -2.50. The van der Waals surface area contributed by atoms with E-state index in [2.05, 4.69) is 19.6 Å². The maximum absolute atomic E-state index is 9.56.